The van der Waals surface area contributed by atoms with Crippen LogP contribution < -0.4 is 5.32 Å². The zero-order chi connectivity index (χ0) is 15.4. The van der Waals surface area contributed by atoms with E-state index in [1.807, 2.05) is 7.05 Å². The molecule has 1 aliphatic heterocycles. The van der Waals surface area contributed by atoms with Crippen molar-refractivity contribution in [1.82, 2.24) is 10.2 Å². The van der Waals surface area contributed by atoms with Gasteiger partial charge in [0, 0.05) is 33.3 Å². The van der Waals surface area contributed by atoms with E-state index in [9.17, 15) is 0 Å². The molecule has 7 heteroatoms. The minimum absolute atomic E-state index is 0. The Morgan fingerprint density at radius 3 is 2.70 bits per heavy atom. The number of hydrogen-bond acceptors (Lipinski definition) is 3. The number of rotatable bonds is 5. The summed E-state index contributed by atoms with van der Waals surface area (Å²) in [6, 6.07) is 2.16. The molecule has 23 heavy (non-hydrogen) atoms. The van der Waals surface area contributed by atoms with Crippen LogP contribution in [0.3, 0.4) is 0 Å². The Labute approximate surface area is 168 Å². The second kappa shape index (κ2) is 9.58. The van der Waals surface area contributed by atoms with Gasteiger partial charge in [0.25, 0.3) is 0 Å². The minimum Gasteiger partial charge on any atom is -0.378 e. The fourth-order valence-electron chi connectivity index (χ4n) is 2.74. The van der Waals surface area contributed by atoms with Crippen LogP contribution in [-0.4, -0.2) is 43.7 Å². The molecule has 1 saturated carbocycles. The monoisotopic (exact) mass is 513 g/mol. The highest BCUT2D eigenvalue weighted by Crippen LogP contribution is 2.30. The van der Waals surface area contributed by atoms with Gasteiger partial charge in [-0.05, 0) is 64.5 Å². The van der Waals surface area contributed by atoms with Crippen LogP contribution in [0.1, 0.15) is 31.2 Å². The lowest BCUT2D eigenvalue weighted by Gasteiger charge is -2.34. The first kappa shape index (κ1) is 19.5. The number of nitrogens with one attached hydrogen (secondary N) is 1. The normalized spacial score (nSPS) is 19.6. The van der Waals surface area contributed by atoms with Gasteiger partial charge in [-0.25, -0.2) is 0 Å². The first-order valence-corrected chi connectivity index (χ1v) is 9.72. The quantitative estimate of drug-likeness (QED) is 0.366. The van der Waals surface area contributed by atoms with Gasteiger partial charge in [-0.2, -0.15) is 0 Å². The molecule has 130 valence electrons. The maximum absolute atomic E-state index is 6.01. The van der Waals surface area contributed by atoms with E-state index in [1.165, 1.54) is 22.2 Å². The van der Waals surface area contributed by atoms with Gasteiger partial charge in [0.2, 0.25) is 0 Å². The van der Waals surface area contributed by atoms with E-state index in [0.29, 0.717) is 6.10 Å². The van der Waals surface area contributed by atoms with Crippen LogP contribution in [0.5, 0.6) is 0 Å². The molecule has 0 aromatic carbocycles. The highest BCUT2D eigenvalue weighted by molar-refractivity contribution is 14.0. The average Bonchev–Trinajstić information content (AvgIpc) is 3.28. The summed E-state index contributed by atoms with van der Waals surface area (Å²) >= 11 is 5.22. The number of nitrogens with zero attached hydrogens (tertiary/aromatic N) is 2. The van der Waals surface area contributed by atoms with E-state index in [4.69, 9.17) is 4.74 Å². The van der Waals surface area contributed by atoms with Crippen LogP contribution in [-0.2, 0) is 11.3 Å². The Bertz CT molecular complexity index is 513. The Kier molecular flexibility index (Phi) is 8.11. The predicted molar refractivity (Wildman–Crippen MR) is 111 cm³/mol. The SMILES string of the molecule is CN=C(NCc1csc(Br)c1)N1CCC(OCC2CC2)CC1.I. The van der Waals surface area contributed by atoms with Crippen molar-refractivity contribution in [3.8, 4) is 0 Å². The van der Waals surface area contributed by atoms with Gasteiger partial charge in [0.05, 0.1) is 9.89 Å². The molecule has 1 N–H and O–H groups in total. The highest BCUT2D eigenvalue weighted by atomic mass is 127. The van der Waals surface area contributed by atoms with Crippen molar-refractivity contribution >= 4 is 57.2 Å². The van der Waals surface area contributed by atoms with Crippen LogP contribution >= 0.6 is 51.2 Å². The van der Waals surface area contributed by atoms with Crippen molar-refractivity contribution in [2.75, 3.05) is 26.7 Å². The largest absolute Gasteiger partial charge is 0.378 e. The van der Waals surface area contributed by atoms with Crippen molar-refractivity contribution in [2.45, 2.75) is 38.3 Å². The van der Waals surface area contributed by atoms with Crippen LogP contribution in [0, 0.1) is 5.92 Å². The van der Waals surface area contributed by atoms with Gasteiger partial charge in [-0.15, -0.1) is 35.3 Å². The molecule has 4 nitrogen and oxygen atoms in total. The molecule has 0 spiro atoms. The summed E-state index contributed by atoms with van der Waals surface area (Å²) in [7, 11) is 1.86. The first-order valence-electron chi connectivity index (χ1n) is 8.04. The zero-order valence-electron chi connectivity index (χ0n) is 13.5. The number of ether oxygens (including phenoxy) is 1. The van der Waals surface area contributed by atoms with Gasteiger partial charge in [0.1, 0.15) is 0 Å². The Hall–Kier alpha value is 0.140. The lowest BCUT2D eigenvalue weighted by atomic mass is 10.1. The summed E-state index contributed by atoms with van der Waals surface area (Å²) in [4.78, 5) is 6.77. The number of piperidine rings is 1. The third-order valence-corrected chi connectivity index (χ3v) is 5.84. The summed E-state index contributed by atoms with van der Waals surface area (Å²) in [5.41, 5.74) is 1.29. The van der Waals surface area contributed by atoms with Crippen molar-refractivity contribution in [3.63, 3.8) is 0 Å². The summed E-state index contributed by atoms with van der Waals surface area (Å²) in [6.07, 6.45) is 5.40. The van der Waals surface area contributed by atoms with E-state index in [0.717, 1.165) is 51.0 Å². The van der Waals surface area contributed by atoms with Crippen LogP contribution in [0.4, 0.5) is 0 Å². The number of guanidine groups is 1. The van der Waals surface area contributed by atoms with Gasteiger partial charge < -0.3 is 15.0 Å². The average molecular weight is 514 g/mol. The lowest BCUT2D eigenvalue weighted by molar-refractivity contribution is 0.0131. The topological polar surface area (TPSA) is 36.9 Å². The molecule has 1 aromatic rings. The maximum atomic E-state index is 6.01. The molecule has 0 bridgehead atoms. The Balaban J connectivity index is 0.00000192. The smallest absolute Gasteiger partial charge is 0.193 e. The van der Waals surface area contributed by atoms with E-state index in [-0.39, 0.29) is 24.0 Å². The summed E-state index contributed by atoms with van der Waals surface area (Å²) in [5.74, 6) is 1.86. The molecular formula is C16H25BrIN3OS. The van der Waals surface area contributed by atoms with E-state index < -0.39 is 0 Å². The van der Waals surface area contributed by atoms with E-state index in [2.05, 4.69) is 42.6 Å². The van der Waals surface area contributed by atoms with E-state index in [1.54, 1.807) is 11.3 Å². The van der Waals surface area contributed by atoms with Crippen LogP contribution in [0.25, 0.3) is 0 Å². The molecule has 1 aromatic heterocycles. The molecule has 2 heterocycles. The third kappa shape index (κ3) is 6.17. The van der Waals surface area contributed by atoms with Gasteiger partial charge in [-0.1, -0.05) is 0 Å². The molecule has 0 atom stereocenters. The summed E-state index contributed by atoms with van der Waals surface area (Å²) in [5, 5.41) is 5.63. The first-order chi connectivity index (χ1) is 10.7. The van der Waals surface area contributed by atoms with Gasteiger partial charge >= 0.3 is 0 Å². The number of aliphatic imine (C=N–C) groups is 1. The third-order valence-electron chi connectivity index (χ3n) is 4.29. The number of hydrogen-bond donors (Lipinski definition) is 1. The van der Waals surface area contributed by atoms with Crippen LogP contribution in [0.2, 0.25) is 0 Å². The molecule has 2 fully saturated rings. The molecule has 0 radical (unpaired) electrons. The molecule has 0 amide bonds. The standard InChI is InChI=1S/C16H24BrN3OS.HI/c1-18-16(19-9-13-8-15(17)22-11-13)20-6-4-14(5-7-20)21-10-12-2-3-12;/h8,11-12,14H,2-7,9-10H2,1H3,(H,18,19);1H. The fraction of sp³-hybridized carbons (Fsp3) is 0.688. The molecule has 1 aliphatic carbocycles. The summed E-state index contributed by atoms with van der Waals surface area (Å²) in [6.45, 7) is 3.86. The minimum atomic E-state index is 0. The van der Waals surface area contributed by atoms with E-state index >= 15 is 0 Å². The van der Waals surface area contributed by atoms with Gasteiger partial charge in [0.15, 0.2) is 5.96 Å². The van der Waals surface area contributed by atoms with Crippen LogP contribution in [0.15, 0.2) is 20.2 Å². The second-order valence-electron chi connectivity index (χ2n) is 6.12. The van der Waals surface area contributed by atoms with Crippen molar-refractivity contribution in [2.24, 2.45) is 10.9 Å². The Morgan fingerprint density at radius 1 is 1.39 bits per heavy atom. The predicted octanol–water partition coefficient (Wildman–Crippen LogP) is 4.10. The molecular weight excluding hydrogens is 489 g/mol. The second-order valence-corrected chi connectivity index (χ2v) is 8.41. The maximum Gasteiger partial charge on any atom is 0.193 e. The molecule has 3 rings (SSSR count). The van der Waals surface area contributed by atoms with Crippen molar-refractivity contribution in [1.29, 1.82) is 0 Å². The number of likely N-dealkylation sites (tertiary alicyclic amines) is 1. The van der Waals surface area contributed by atoms with Gasteiger partial charge in [-0.3, -0.25) is 4.99 Å². The Morgan fingerprint density at radius 2 is 2.13 bits per heavy atom. The molecule has 2 aliphatic rings. The molecule has 1 saturated heterocycles. The number of thiophene rings is 1. The van der Waals surface area contributed by atoms with Crippen molar-refractivity contribution in [3.05, 3.63) is 20.8 Å². The number of halogens is 2. The highest BCUT2D eigenvalue weighted by Gasteiger charge is 2.26. The molecule has 0 unspecified atom stereocenters. The summed E-state index contributed by atoms with van der Waals surface area (Å²) < 4.78 is 7.18. The fourth-order valence-corrected chi connectivity index (χ4v) is 3.95. The zero-order valence-corrected chi connectivity index (χ0v) is 18.2. The van der Waals surface area contributed by atoms with Crippen molar-refractivity contribution < 1.29 is 4.74 Å². The lowest BCUT2D eigenvalue weighted by Crippen LogP contribution is -2.46.